The Bertz CT molecular complexity index is 503. The van der Waals surface area contributed by atoms with Crippen molar-refractivity contribution >= 4 is 12.2 Å². The Hall–Kier alpha value is -1.74. The van der Waals surface area contributed by atoms with Gasteiger partial charge in [-0.2, -0.15) is 0 Å². The number of amides is 2. The van der Waals surface area contributed by atoms with Crippen molar-refractivity contribution in [2.45, 2.75) is 91.3 Å². The van der Waals surface area contributed by atoms with Gasteiger partial charge < -0.3 is 9.47 Å². The molecule has 0 fully saturated rings. The zero-order valence-electron chi connectivity index (χ0n) is 16.6. The number of imide groups is 1. The molecule has 25 heavy (non-hydrogen) atoms. The second kappa shape index (κ2) is 9.10. The fourth-order valence-corrected chi connectivity index (χ4v) is 2.38. The molecule has 142 valence electrons. The van der Waals surface area contributed by atoms with Gasteiger partial charge in [0.15, 0.2) is 0 Å². The zero-order valence-corrected chi connectivity index (χ0v) is 16.6. The Kier molecular flexibility index (Phi) is 7.75. The second-order valence-corrected chi connectivity index (χ2v) is 8.45. The molecule has 0 bridgehead atoms. The Balaban J connectivity index is 2.97. The normalized spacial score (nSPS) is 16.2. The van der Waals surface area contributed by atoms with Crippen molar-refractivity contribution in [1.82, 2.24) is 4.90 Å². The van der Waals surface area contributed by atoms with Crippen LogP contribution in [0.5, 0.6) is 0 Å². The first kappa shape index (κ1) is 21.3. The third-order valence-corrected chi connectivity index (χ3v) is 3.46. The smallest absolute Gasteiger partial charge is 0.420 e. The highest BCUT2D eigenvalue weighted by Gasteiger charge is 2.31. The number of carbonyl (C=O) groups excluding carboxylic acids is 2. The van der Waals surface area contributed by atoms with Crippen LogP contribution in [0.25, 0.3) is 0 Å². The first-order valence-electron chi connectivity index (χ1n) is 9.14. The molecule has 0 aromatic carbocycles. The SMILES string of the molecule is CC(C)(C)OC(=O)N(CC1=C=CCCCCCC1)C(=O)OC(C)(C)C. The van der Waals surface area contributed by atoms with Gasteiger partial charge in [0.2, 0.25) is 0 Å². The van der Waals surface area contributed by atoms with E-state index < -0.39 is 23.4 Å². The largest absolute Gasteiger partial charge is 0.443 e. The molecule has 1 aliphatic rings. The number of rotatable bonds is 2. The van der Waals surface area contributed by atoms with Crippen molar-refractivity contribution in [3.63, 3.8) is 0 Å². The van der Waals surface area contributed by atoms with Crippen LogP contribution in [-0.2, 0) is 9.47 Å². The predicted octanol–water partition coefficient (Wildman–Crippen LogP) is 5.59. The number of ether oxygens (including phenoxy) is 2. The molecule has 0 saturated heterocycles. The average Bonchev–Trinajstić information content (AvgIpc) is 2.54. The lowest BCUT2D eigenvalue weighted by atomic mass is 10.1. The molecule has 5 heteroatoms. The van der Waals surface area contributed by atoms with E-state index in [2.05, 4.69) is 5.73 Å². The molecule has 0 saturated carbocycles. The molecule has 2 amide bonds. The fraction of sp³-hybridized carbons (Fsp3) is 0.750. The summed E-state index contributed by atoms with van der Waals surface area (Å²) in [7, 11) is 0. The van der Waals surface area contributed by atoms with Crippen molar-refractivity contribution < 1.29 is 19.1 Å². The van der Waals surface area contributed by atoms with Gasteiger partial charge in [-0.15, -0.1) is 5.73 Å². The minimum Gasteiger partial charge on any atom is -0.443 e. The minimum absolute atomic E-state index is 0.153. The van der Waals surface area contributed by atoms with E-state index in [0.717, 1.165) is 42.6 Å². The van der Waals surface area contributed by atoms with Crippen LogP contribution in [0.3, 0.4) is 0 Å². The summed E-state index contributed by atoms with van der Waals surface area (Å²) in [6, 6.07) is 0. The summed E-state index contributed by atoms with van der Waals surface area (Å²) in [4.78, 5) is 26.1. The summed E-state index contributed by atoms with van der Waals surface area (Å²) < 4.78 is 10.8. The molecule has 0 spiro atoms. The standard InChI is InChI=1S/C20H33NO4/c1-19(2,3)24-17(22)21(18(23)25-20(4,5)6)15-16-13-11-9-7-8-10-12-14-16/h11H,7-10,12,14-15H2,1-6H3. The van der Waals surface area contributed by atoms with Gasteiger partial charge in [0.1, 0.15) is 11.2 Å². The summed E-state index contributed by atoms with van der Waals surface area (Å²) in [5, 5.41) is 0. The van der Waals surface area contributed by atoms with Crippen LogP contribution in [0.1, 0.15) is 80.1 Å². The van der Waals surface area contributed by atoms with Crippen LogP contribution < -0.4 is 0 Å². The first-order valence-corrected chi connectivity index (χ1v) is 9.14. The average molecular weight is 351 g/mol. The van der Waals surface area contributed by atoms with Gasteiger partial charge in [0.25, 0.3) is 0 Å². The third kappa shape index (κ3) is 9.35. The van der Waals surface area contributed by atoms with Gasteiger partial charge in [0, 0.05) is 0 Å². The summed E-state index contributed by atoms with van der Waals surface area (Å²) in [5.74, 6) is 0. The van der Waals surface area contributed by atoms with E-state index in [9.17, 15) is 9.59 Å². The third-order valence-electron chi connectivity index (χ3n) is 3.46. The highest BCUT2D eigenvalue weighted by Crippen LogP contribution is 2.19. The van der Waals surface area contributed by atoms with Crippen molar-refractivity contribution in [2.24, 2.45) is 0 Å². The molecular weight excluding hydrogens is 318 g/mol. The first-order chi connectivity index (χ1) is 11.5. The number of hydrogen-bond donors (Lipinski definition) is 0. The quantitative estimate of drug-likeness (QED) is 0.608. The molecule has 0 radical (unpaired) electrons. The van der Waals surface area contributed by atoms with Crippen molar-refractivity contribution in [2.75, 3.05) is 6.54 Å². The van der Waals surface area contributed by atoms with Crippen LogP contribution in [-0.4, -0.2) is 34.8 Å². The lowest BCUT2D eigenvalue weighted by molar-refractivity contribution is 0.00311. The van der Waals surface area contributed by atoms with Gasteiger partial charge in [-0.3, -0.25) is 0 Å². The van der Waals surface area contributed by atoms with E-state index in [1.165, 1.54) is 6.42 Å². The predicted molar refractivity (Wildman–Crippen MR) is 98.5 cm³/mol. The lowest BCUT2D eigenvalue weighted by Crippen LogP contribution is -2.44. The molecule has 5 nitrogen and oxygen atoms in total. The van der Waals surface area contributed by atoms with Crippen LogP contribution in [0.15, 0.2) is 17.4 Å². The van der Waals surface area contributed by atoms with Gasteiger partial charge in [0.05, 0.1) is 6.54 Å². The Morgan fingerprint density at radius 1 is 0.960 bits per heavy atom. The fourth-order valence-electron chi connectivity index (χ4n) is 2.38. The lowest BCUT2D eigenvalue weighted by Gasteiger charge is -2.29. The van der Waals surface area contributed by atoms with Crippen molar-refractivity contribution in [3.8, 4) is 0 Å². The Morgan fingerprint density at radius 3 is 2.00 bits per heavy atom. The number of carbonyl (C=O) groups is 2. The molecule has 0 aromatic heterocycles. The monoisotopic (exact) mass is 351 g/mol. The highest BCUT2D eigenvalue weighted by molar-refractivity contribution is 5.88. The molecule has 0 N–H and O–H groups in total. The van der Waals surface area contributed by atoms with Gasteiger partial charge in [-0.25, -0.2) is 14.5 Å². The van der Waals surface area contributed by atoms with Crippen LogP contribution in [0.2, 0.25) is 0 Å². The van der Waals surface area contributed by atoms with E-state index in [1.807, 2.05) is 6.08 Å². The topological polar surface area (TPSA) is 55.8 Å². The summed E-state index contributed by atoms with van der Waals surface area (Å²) >= 11 is 0. The second-order valence-electron chi connectivity index (χ2n) is 8.45. The number of hydrogen-bond acceptors (Lipinski definition) is 4. The molecule has 0 atom stereocenters. The van der Waals surface area contributed by atoms with E-state index in [4.69, 9.17) is 9.47 Å². The van der Waals surface area contributed by atoms with Gasteiger partial charge in [-0.1, -0.05) is 12.8 Å². The summed E-state index contributed by atoms with van der Waals surface area (Å²) in [6.07, 6.45) is 6.97. The van der Waals surface area contributed by atoms with E-state index in [1.54, 1.807) is 41.5 Å². The molecule has 0 unspecified atom stereocenters. The molecule has 1 aliphatic carbocycles. The van der Waals surface area contributed by atoms with Crippen LogP contribution in [0, 0.1) is 0 Å². The maximum atomic E-state index is 12.5. The Morgan fingerprint density at radius 2 is 1.48 bits per heavy atom. The molecular formula is C20H33NO4. The van der Waals surface area contributed by atoms with Crippen molar-refractivity contribution in [3.05, 3.63) is 17.4 Å². The maximum Gasteiger partial charge on any atom is 0.420 e. The van der Waals surface area contributed by atoms with E-state index in [0.29, 0.717) is 0 Å². The highest BCUT2D eigenvalue weighted by atomic mass is 16.6. The van der Waals surface area contributed by atoms with Crippen LogP contribution >= 0.6 is 0 Å². The molecule has 0 aromatic rings. The molecule has 0 aliphatic heterocycles. The molecule has 0 heterocycles. The van der Waals surface area contributed by atoms with Crippen molar-refractivity contribution in [1.29, 1.82) is 0 Å². The zero-order chi connectivity index (χ0) is 19.1. The Labute approximate surface area is 152 Å². The summed E-state index contributed by atoms with van der Waals surface area (Å²) in [5.41, 5.74) is 2.83. The maximum absolute atomic E-state index is 12.5. The van der Waals surface area contributed by atoms with E-state index in [-0.39, 0.29) is 6.54 Å². The van der Waals surface area contributed by atoms with E-state index >= 15 is 0 Å². The minimum atomic E-state index is -0.684. The van der Waals surface area contributed by atoms with Crippen LogP contribution in [0.4, 0.5) is 9.59 Å². The molecule has 1 rings (SSSR count). The summed E-state index contributed by atoms with van der Waals surface area (Å²) in [6.45, 7) is 10.8. The van der Waals surface area contributed by atoms with Gasteiger partial charge in [-0.05, 0) is 78.9 Å². The van der Waals surface area contributed by atoms with Gasteiger partial charge >= 0.3 is 12.2 Å². The number of nitrogens with zero attached hydrogens (tertiary/aromatic N) is 1.